The maximum absolute atomic E-state index is 11.4. The molecule has 0 saturated heterocycles. The molecule has 0 radical (unpaired) electrons. The number of aliphatic hydroxyl groups is 1. The number of aromatic amines is 2. The first-order valence-corrected chi connectivity index (χ1v) is 4.74. The zero-order valence-electron chi connectivity index (χ0n) is 8.70. The minimum atomic E-state index is -0.584. The zero-order chi connectivity index (χ0) is 11.4. The van der Waals surface area contributed by atoms with Crippen LogP contribution in [0, 0.1) is 5.92 Å². The third-order valence-electron chi connectivity index (χ3n) is 2.08. The maximum Gasteiger partial charge on any atom is 0.323 e. The van der Waals surface area contributed by atoms with Crippen molar-refractivity contribution >= 4 is 5.91 Å². The highest BCUT2D eigenvalue weighted by atomic mass is 16.3. The highest BCUT2D eigenvalue weighted by Gasteiger charge is 2.12. The van der Waals surface area contributed by atoms with Crippen molar-refractivity contribution in [2.45, 2.75) is 20.0 Å². The average molecular weight is 213 g/mol. The molecule has 0 aliphatic rings. The Bertz CT molecular complexity index is 380. The van der Waals surface area contributed by atoms with Crippen LogP contribution in [0.15, 0.2) is 11.0 Å². The Balaban J connectivity index is 2.47. The molecule has 1 atom stereocenters. The van der Waals surface area contributed by atoms with E-state index in [-0.39, 0.29) is 18.2 Å². The molecule has 0 spiro atoms. The van der Waals surface area contributed by atoms with Crippen molar-refractivity contribution in [2.75, 3.05) is 6.54 Å². The van der Waals surface area contributed by atoms with Crippen molar-refractivity contribution in [3.8, 4) is 0 Å². The SMILES string of the molecule is CC(C)C(O)CNC(=O)c1c[nH]c(=O)[nH]1. The summed E-state index contributed by atoms with van der Waals surface area (Å²) in [6.07, 6.45) is 0.707. The molecule has 4 N–H and O–H groups in total. The number of H-pyrrole nitrogens is 2. The van der Waals surface area contributed by atoms with E-state index >= 15 is 0 Å². The lowest BCUT2D eigenvalue weighted by Crippen LogP contribution is -2.35. The normalized spacial score (nSPS) is 12.8. The van der Waals surface area contributed by atoms with Gasteiger partial charge in [0.25, 0.3) is 5.91 Å². The number of aliphatic hydroxyl groups excluding tert-OH is 1. The van der Waals surface area contributed by atoms with E-state index in [2.05, 4.69) is 15.3 Å². The van der Waals surface area contributed by atoms with Crippen molar-refractivity contribution in [1.29, 1.82) is 0 Å². The second kappa shape index (κ2) is 4.79. The summed E-state index contributed by atoms with van der Waals surface area (Å²) in [6, 6.07) is 0. The van der Waals surface area contributed by atoms with Gasteiger partial charge >= 0.3 is 5.69 Å². The van der Waals surface area contributed by atoms with Crippen LogP contribution in [0.2, 0.25) is 0 Å². The molecular weight excluding hydrogens is 198 g/mol. The Kier molecular flexibility index (Phi) is 3.68. The highest BCUT2D eigenvalue weighted by Crippen LogP contribution is 1.99. The molecule has 0 aliphatic heterocycles. The molecule has 0 saturated carbocycles. The average Bonchev–Trinajstić information content (AvgIpc) is 2.60. The number of rotatable bonds is 4. The highest BCUT2D eigenvalue weighted by molar-refractivity contribution is 5.91. The van der Waals surface area contributed by atoms with Crippen LogP contribution in [0.1, 0.15) is 24.3 Å². The predicted octanol–water partition coefficient (Wildman–Crippen LogP) is -0.550. The molecule has 1 rings (SSSR count). The number of hydrogen-bond acceptors (Lipinski definition) is 3. The molecule has 1 aromatic heterocycles. The lowest BCUT2D eigenvalue weighted by Gasteiger charge is -2.14. The lowest BCUT2D eigenvalue weighted by atomic mass is 10.1. The van der Waals surface area contributed by atoms with Crippen molar-refractivity contribution in [3.63, 3.8) is 0 Å². The fraction of sp³-hybridized carbons (Fsp3) is 0.556. The first kappa shape index (κ1) is 11.5. The molecule has 1 aromatic rings. The van der Waals surface area contributed by atoms with E-state index in [0.29, 0.717) is 0 Å². The van der Waals surface area contributed by atoms with Crippen LogP contribution in [-0.4, -0.2) is 33.6 Å². The van der Waals surface area contributed by atoms with Gasteiger partial charge in [0, 0.05) is 12.7 Å². The smallest absolute Gasteiger partial charge is 0.323 e. The van der Waals surface area contributed by atoms with Gasteiger partial charge in [0.05, 0.1) is 6.10 Å². The van der Waals surface area contributed by atoms with E-state index < -0.39 is 17.7 Å². The van der Waals surface area contributed by atoms with Crippen LogP contribution in [-0.2, 0) is 0 Å². The van der Waals surface area contributed by atoms with Gasteiger partial charge in [-0.1, -0.05) is 13.8 Å². The summed E-state index contributed by atoms with van der Waals surface area (Å²) >= 11 is 0. The number of imidazole rings is 1. The topological polar surface area (TPSA) is 98.0 Å². The van der Waals surface area contributed by atoms with Crippen LogP contribution in [0.3, 0.4) is 0 Å². The third kappa shape index (κ3) is 3.25. The Morgan fingerprint density at radius 1 is 1.60 bits per heavy atom. The number of carbonyl (C=O) groups is 1. The first-order valence-electron chi connectivity index (χ1n) is 4.74. The van der Waals surface area contributed by atoms with E-state index in [0.717, 1.165) is 0 Å². The fourth-order valence-corrected chi connectivity index (χ4v) is 0.983. The van der Waals surface area contributed by atoms with Gasteiger partial charge < -0.3 is 20.4 Å². The van der Waals surface area contributed by atoms with Crippen LogP contribution in [0.25, 0.3) is 0 Å². The van der Waals surface area contributed by atoms with E-state index in [4.69, 9.17) is 0 Å². The van der Waals surface area contributed by atoms with Crippen LogP contribution < -0.4 is 11.0 Å². The van der Waals surface area contributed by atoms with Crippen molar-refractivity contribution in [2.24, 2.45) is 5.92 Å². The van der Waals surface area contributed by atoms with Gasteiger partial charge in [0.2, 0.25) is 0 Å². The quantitative estimate of drug-likeness (QED) is 0.540. The number of nitrogens with one attached hydrogen (secondary N) is 3. The molecule has 0 aromatic carbocycles. The van der Waals surface area contributed by atoms with Gasteiger partial charge in [0.1, 0.15) is 5.69 Å². The monoisotopic (exact) mass is 213 g/mol. The van der Waals surface area contributed by atoms with Gasteiger partial charge in [-0.25, -0.2) is 4.79 Å². The molecule has 6 nitrogen and oxygen atoms in total. The molecule has 84 valence electrons. The molecule has 15 heavy (non-hydrogen) atoms. The molecule has 6 heteroatoms. The van der Waals surface area contributed by atoms with Crippen LogP contribution in [0.5, 0.6) is 0 Å². The van der Waals surface area contributed by atoms with E-state index in [9.17, 15) is 14.7 Å². The predicted molar refractivity (Wildman–Crippen MR) is 54.6 cm³/mol. The second-order valence-electron chi connectivity index (χ2n) is 3.68. The standard InChI is InChI=1S/C9H15N3O3/c1-5(2)7(13)4-10-8(14)6-3-11-9(15)12-6/h3,5,7,13H,4H2,1-2H3,(H,10,14)(H2,11,12,15). The molecule has 1 heterocycles. The van der Waals surface area contributed by atoms with Crippen molar-refractivity contribution < 1.29 is 9.90 Å². The number of carbonyl (C=O) groups excluding carboxylic acids is 1. The minimum absolute atomic E-state index is 0.0792. The summed E-state index contributed by atoms with van der Waals surface area (Å²) in [5.74, 6) is -0.330. The zero-order valence-corrected chi connectivity index (χ0v) is 8.70. The summed E-state index contributed by atoms with van der Waals surface area (Å²) in [7, 11) is 0. The van der Waals surface area contributed by atoms with Crippen molar-refractivity contribution in [3.05, 3.63) is 22.4 Å². The Hall–Kier alpha value is -1.56. The first-order chi connectivity index (χ1) is 7.00. The Morgan fingerprint density at radius 3 is 2.73 bits per heavy atom. The fourth-order valence-electron chi connectivity index (χ4n) is 0.983. The molecule has 0 aliphatic carbocycles. The number of amides is 1. The summed E-state index contributed by atoms with van der Waals surface area (Å²) in [5.41, 5.74) is -0.263. The minimum Gasteiger partial charge on any atom is -0.391 e. The van der Waals surface area contributed by atoms with Gasteiger partial charge in [0.15, 0.2) is 0 Å². The van der Waals surface area contributed by atoms with Gasteiger partial charge in [-0.2, -0.15) is 0 Å². The van der Waals surface area contributed by atoms with Gasteiger partial charge in [-0.05, 0) is 5.92 Å². The Labute approximate surface area is 86.7 Å². The molecule has 0 fully saturated rings. The van der Waals surface area contributed by atoms with Gasteiger partial charge in [-0.3, -0.25) is 4.79 Å². The summed E-state index contributed by atoms with van der Waals surface area (Å²) < 4.78 is 0. The second-order valence-corrected chi connectivity index (χ2v) is 3.68. The third-order valence-corrected chi connectivity index (χ3v) is 2.08. The van der Waals surface area contributed by atoms with E-state index in [1.807, 2.05) is 13.8 Å². The lowest BCUT2D eigenvalue weighted by molar-refractivity contribution is 0.0867. The van der Waals surface area contributed by atoms with Crippen LogP contribution in [0.4, 0.5) is 0 Å². The summed E-state index contributed by atoms with van der Waals surface area (Å²) in [5, 5.41) is 11.9. The van der Waals surface area contributed by atoms with Crippen molar-refractivity contribution in [1.82, 2.24) is 15.3 Å². The summed E-state index contributed by atoms with van der Waals surface area (Å²) in [4.78, 5) is 26.7. The van der Waals surface area contributed by atoms with E-state index in [1.54, 1.807) is 0 Å². The maximum atomic E-state index is 11.4. The molecule has 1 amide bonds. The summed E-state index contributed by atoms with van der Waals surface area (Å²) in [6.45, 7) is 3.88. The number of aromatic nitrogens is 2. The molecule has 1 unspecified atom stereocenters. The largest absolute Gasteiger partial charge is 0.391 e. The molecular formula is C9H15N3O3. The van der Waals surface area contributed by atoms with Gasteiger partial charge in [-0.15, -0.1) is 0 Å². The van der Waals surface area contributed by atoms with Crippen LogP contribution >= 0.6 is 0 Å². The Morgan fingerprint density at radius 2 is 2.27 bits per heavy atom. The van der Waals surface area contributed by atoms with E-state index in [1.165, 1.54) is 6.20 Å². The number of hydrogen-bond donors (Lipinski definition) is 4. The molecule has 0 bridgehead atoms.